The van der Waals surface area contributed by atoms with E-state index in [9.17, 15) is 4.79 Å². The van der Waals surface area contributed by atoms with E-state index in [-0.39, 0.29) is 11.9 Å². The molecule has 0 N–H and O–H groups in total. The average Bonchev–Trinajstić information content (AvgIpc) is 2.72. The summed E-state index contributed by atoms with van der Waals surface area (Å²) in [6.45, 7) is 4.25. The highest BCUT2D eigenvalue weighted by Crippen LogP contribution is 2.27. The first-order valence-electron chi connectivity index (χ1n) is 6.87. The molecule has 0 fully saturated rings. The van der Waals surface area contributed by atoms with Crippen LogP contribution in [0.2, 0.25) is 5.02 Å². The third kappa shape index (κ3) is 2.80. The number of ether oxygens (including phenoxy) is 1. The third-order valence-corrected chi connectivity index (χ3v) is 3.57. The first-order valence-corrected chi connectivity index (χ1v) is 7.24. The summed E-state index contributed by atoms with van der Waals surface area (Å²) in [5.41, 5.74) is 1.77. The van der Waals surface area contributed by atoms with Gasteiger partial charge in [0.1, 0.15) is 11.7 Å². The molecule has 4 nitrogen and oxygen atoms in total. The molecule has 1 atom stereocenters. The highest BCUT2D eigenvalue weighted by atomic mass is 35.5. The maximum atomic E-state index is 12.1. The SMILES string of the molecule is CCCC(C(=O)OCC)c1nc2cc(Cl)ccc2n1C. The van der Waals surface area contributed by atoms with E-state index in [1.165, 1.54) is 0 Å². The molecule has 1 unspecified atom stereocenters. The Kier molecular flexibility index (Phi) is 4.65. The molecule has 1 aromatic heterocycles. The number of carbonyl (C=O) groups excluding carboxylic acids is 1. The molecule has 5 heteroatoms. The molecule has 108 valence electrons. The van der Waals surface area contributed by atoms with Gasteiger partial charge >= 0.3 is 5.97 Å². The van der Waals surface area contributed by atoms with Crippen molar-refractivity contribution in [1.82, 2.24) is 9.55 Å². The van der Waals surface area contributed by atoms with Crippen LogP contribution in [0.1, 0.15) is 38.4 Å². The Morgan fingerprint density at radius 3 is 2.85 bits per heavy atom. The zero-order valence-electron chi connectivity index (χ0n) is 12.0. The van der Waals surface area contributed by atoms with Crippen molar-refractivity contribution in [2.75, 3.05) is 6.61 Å². The lowest BCUT2D eigenvalue weighted by atomic mass is 10.0. The predicted molar refractivity (Wildman–Crippen MR) is 80.0 cm³/mol. The monoisotopic (exact) mass is 294 g/mol. The van der Waals surface area contributed by atoms with Gasteiger partial charge < -0.3 is 9.30 Å². The molecule has 20 heavy (non-hydrogen) atoms. The van der Waals surface area contributed by atoms with Gasteiger partial charge in [-0.3, -0.25) is 4.79 Å². The first kappa shape index (κ1) is 14.9. The Morgan fingerprint density at radius 2 is 2.20 bits per heavy atom. The Bertz CT molecular complexity index is 622. The molecule has 2 aromatic rings. The molecule has 0 radical (unpaired) electrons. The van der Waals surface area contributed by atoms with Crippen molar-refractivity contribution in [3.05, 3.63) is 29.0 Å². The number of rotatable bonds is 5. The lowest BCUT2D eigenvalue weighted by Gasteiger charge is -2.14. The number of hydrogen-bond acceptors (Lipinski definition) is 3. The number of nitrogens with zero attached hydrogens (tertiary/aromatic N) is 2. The number of hydrogen-bond donors (Lipinski definition) is 0. The first-order chi connectivity index (χ1) is 9.58. The molecule has 0 aliphatic carbocycles. The van der Waals surface area contributed by atoms with Gasteiger partial charge in [-0.05, 0) is 31.5 Å². The quantitative estimate of drug-likeness (QED) is 0.790. The van der Waals surface area contributed by atoms with Gasteiger partial charge in [0.2, 0.25) is 0 Å². The summed E-state index contributed by atoms with van der Waals surface area (Å²) >= 11 is 5.99. The van der Waals surface area contributed by atoms with Gasteiger partial charge in [-0.1, -0.05) is 24.9 Å². The molecule has 0 saturated carbocycles. The topological polar surface area (TPSA) is 44.1 Å². The van der Waals surface area contributed by atoms with Gasteiger partial charge in [-0.25, -0.2) is 4.98 Å². The van der Waals surface area contributed by atoms with Gasteiger partial charge in [0.05, 0.1) is 17.6 Å². The maximum absolute atomic E-state index is 12.1. The lowest BCUT2D eigenvalue weighted by Crippen LogP contribution is -2.19. The number of imidazole rings is 1. The Labute approximate surface area is 123 Å². The number of esters is 1. The van der Waals surface area contributed by atoms with Crippen molar-refractivity contribution in [2.45, 2.75) is 32.6 Å². The fourth-order valence-electron chi connectivity index (χ4n) is 2.39. The van der Waals surface area contributed by atoms with Crippen LogP contribution in [0, 0.1) is 0 Å². The second-order valence-corrected chi connectivity index (χ2v) is 5.19. The molecule has 0 saturated heterocycles. The summed E-state index contributed by atoms with van der Waals surface area (Å²) in [5, 5.41) is 0.644. The van der Waals surface area contributed by atoms with Gasteiger partial charge in [0.15, 0.2) is 0 Å². The van der Waals surface area contributed by atoms with Crippen LogP contribution in [-0.4, -0.2) is 22.1 Å². The molecular formula is C15H19ClN2O2. The molecular weight excluding hydrogens is 276 g/mol. The lowest BCUT2D eigenvalue weighted by molar-refractivity contribution is -0.145. The zero-order valence-corrected chi connectivity index (χ0v) is 12.8. The van der Waals surface area contributed by atoms with Crippen LogP contribution in [0.15, 0.2) is 18.2 Å². The fourth-order valence-corrected chi connectivity index (χ4v) is 2.55. The van der Waals surface area contributed by atoms with Crippen molar-refractivity contribution in [2.24, 2.45) is 7.05 Å². The summed E-state index contributed by atoms with van der Waals surface area (Å²) < 4.78 is 7.11. The standard InChI is InChI=1S/C15H19ClN2O2/c1-4-6-11(15(19)20-5-2)14-17-12-9-10(16)7-8-13(12)18(14)3/h7-9,11H,4-6H2,1-3H3. The molecule has 0 amide bonds. The molecule has 2 rings (SSSR count). The van der Waals surface area contributed by atoms with Crippen LogP contribution in [-0.2, 0) is 16.6 Å². The minimum Gasteiger partial charge on any atom is -0.465 e. The van der Waals surface area contributed by atoms with E-state index in [1.54, 1.807) is 0 Å². The Morgan fingerprint density at radius 1 is 1.45 bits per heavy atom. The van der Waals surface area contributed by atoms with E-state index in [2.05, 4.69) is 4.98 Å². The summed E-state index contributed by atoms with van der Waals surface area (Å²) in [5.74, 6) is 0.206. The van der Waals surface area contributed by atoms with Crippen molar-refractivity contribution < 1.29 is 9.53 Å². The van der Waals surface area contributed by atoms with E-state index in [0.29, 0.717) is 11.6 Å². The third-order valence-electron chi connectivity index (χ3n) is 3.34. The predicted octanol–water partition coefficient (Wildman–Crippen LogP) is 3.67. The summed E-state index contributed by atoms with van der Waals surface area (Å²) in [4.78, 5) is 16.7. The molecule has 1 aromatic carbocycles. The second-order valence-electron chi connectivity index (χ2n) is 4.76. The summed E-state index contributed by atoms with van der Waals surface area (Å²) in [7, 11) is 1.92. The smallest absolute Gasteiger partial charge is 0.316 e. The minimum absolute atomic E-state index is 0.209. The second kappa shape index (κ2) is 6.27. The normalized spacial score (nSPS) is 12.6. The molecule has 0 aliphatic rings. The Hall–Kier alpha value is -1.55. The van der Waals surface area contributed by atoms with Gasteiger partial charge in [-0.15, -0.1) is 0 Å². The number of halogens is 1. The Balaban J connectivity index is 2.47. The van der Waals surface area contributed by atoms with Gasteiger partial charge in [0.25, 0.3) is 0 Å². The van der Waals surface area contributed by atoms with Crippen molar-refractivity contribution in [3.63, 3.8) is 0 Å². The highest BCUT2D eigenvalue weighted by Gasteiger charge is 2.26. The van der Waals surface area contributed by atoms with E-state index in [4.69, 9.17) is 16.3 Å². The van der Waals surface area contributed by atoms with Crippen LogP contribution >= 0.6 is 11.6 Å². The number of benzene rings is 1. The van der Waals surface area contributed by atoms with Crippen LogP contribution in [0.5, 0.6) is 0 Å². The van der Waals surface area contributed by atoms with E-state index in [1.807, 2.05) is 43.7 Å². The fraction of sp³-hybridized carbons (Fsp3) is 0.467. The van der Waals surface area contributed by atoms with E-state index < -0.39 is 0 Å². The number of carbonyl (C=O) groups is 1. The van der Waals surface area contributed by atoms with Gasteiger partial charge in [-0.2, -0.15) is 0 Å². The number of fused-ring (bicyclic) bond motifs is 1. The average molecular weight is 295 g/mol. The van der Waals surface area contributed by atoms with Crippen LogP contribution in [0.3, 0.4) is 0 Å². The van der Waals surface area contributed by atoms with E-state index >= 15 is 0 Å². The van der Waals surface area contributed by atoms with Crippen molar-refractivity contribution in [3.8, 4) is 0 Å². The summed E-state index contributed by atoms with van der Waals surface area (Å²) in [6.07, 6.45) is 1.62. The molecule has 0 spiro atoms. The highest BCUT2D eigenvalue weighted by molar-refractivity contribution is 6.31. The largest absolute Gasteiger partial charge is 0.465 e. The van der Waals surface area contributed by atoms with Crippen LogP contribution in [0.25, 0.3) is 11.0 Å². The maximum Gasteiger partial charge on any atom is 0.316 e. The molecule has 0 aliphatic heterocycles. The van der Waals surface area contributed by atoms with Crippen molar-refractivity contribution in [1.29, 1.82) is 0 Å². The number of aryl methyl sites for hydroxylation is 1. The van der Waals surface area contributed by atoms with Crippen LogP contribution < -0.4 is 0 Å². The molecule has 0 bridgehead atoms. The number of aromatic nitrogens is 2. The zero-order chi connectivity index (χ0) is 14.7. The van der Waals surface area contributed by atoms with Crippen molar-refractivity contribution >= 4 is 28.6 Å². The van der Waals surface area contributed by atoms with Gasteiger partial charge in [0, 0.05) is 12.1 Å². The summed E-state index contributed by atoms with van der Waals surface area (Å²) in [6, 6.07) is 5.56. The van der Waals surface area contributed by atoms with Crippen LogP contribution in [0.4, 0.5) is 0 Å². The van der Waals surface area contributed by atoms with E-state index in [0.717, 1.165) is 29.7 Å². The molecule has 1 heterocycles. The minimum atomic E-state index is -0.323.